The Hall–Kier alpha value is -0.530. The number of hydrogen-bond acceptors (Lipinski definition) is 1. The molecule has 0 aromatic rings. The van der Waals surface area contributed by atoms with Crippen molar-refractivity contribution in [1.82, 2.24) is 0 Å². The quantitative estimate of drug-likeness (QED) is 0.689. The fraction of sp³-hybridized carbons (Fsp3) is 0.889. The number of carboxylic acid groups (broad SMARTS) is 1. The molecule has 0 bridgehead atoms. The summed E-state index contributed by atoms with van der Waals surface area (Å²) in [5.74, 6) is -0.972. The van der Waals surface area contributed by atoms with Crippen LogP contribution in [0, 0.1) is 5.92 Å². The number of carboxylic acids is 1. The van der Waals surface area contributed by atoms with Crippen molar-refractivity contribution in [2.24, 2.45) is 5.92 Å². The second kappa shape index (κ2) is 9.47. The standard InChI is InChI=1S/C5H12.C4H8O2/c1-3-5-4-2;1-3(2)4(5)6/h3-5H2,1-2H3;3H,1-2H3,(H,5,6). The smallest absolute Gasteiger partial charge is 0.305 e. The molecule has 0 rings (SSSR count). The summed E-state index contributed by atoms with van der Waals surface area (Å²) < 4.78 is 0. The van der Waals surface area contributed by atoms with Crippen molar-refractivity contribution in [2.75, 3.05) is 0 Å². The summed E-state index contributed by atoms with van der Waals surface area (Å²) in [5, 5.41) is 7.99. The monoisotopic (exact) mass is 160 g/mol. The Morgan fingerprint density at radius 1 is 1.27 bits per heavy atom. The van der Waals surface area contributed by atoms with Crippen LogP contribution in [-0.2, 0) is 4.79 Å². The highest BCUT2D eigenvalue weighted by atomic mass is 16.4. The molecule has 2 heteroatoms. The minimum absolute atomic E-state index is 0.231. The third-order valence-electron chi connectivity index (χ3n) is 1.20. The van der Waals surface area contributed by atoms with Crippen LogP contribution < -0.4 is 0 Å². The van der Waals surface area contributed by atoms with Crippen LogP contribution in [0.25, 0.3) is 0 Å². The zero-order valence-corrected chi connectivity index (χ0v) is 8.05. The van der Waals surface area contributed by atoms with Crippen LogP contribution >= 0.6 is 0 Å². The molecule has 0 saturated carbocycles. The van der Waals surface area contributed by atoms with E-state index in [2.05, 4.69) is 13.8 Å². The molecule has 11 heavy (non-hydrogen) atoms. The van der Waals surface area contributed by atoms with Crippen LogP contribution in [0.15, 0.2) is 0 Å². The summed E-state index contributed by atoms with van der Waals surface area (Å²) in [4.78, 5) is 9.70. The van der Waals surface area contributed by atoms with Crippen molar-refractivity contribution in [3.8, 4) is 0 Å². The topological polar surface area (TPSA) is 37.3 Å². The number of rotatable bonds is 3. The first-order valence-electron chi connectivity index (χ1n) is 4.29. The average molecular weight is 160 g/mol. The molecule has 0 aliphatic heterocycles. The molecule has 0 aliphatic rings. The molecule has 0 fully saturated rings. The van der Waals surface area contributed by atoms with Gasteiger partial charge in [-0.05, 0) is 0 Å². The molecular formula is C9H20O2. The molecule has 68 valence electrons. The molecule has 0 saturated heterocycles. The lowest BCUT2D eigenvalue weighted by Gasteiger charge is -1.89. The van der Waals surface area contributed by atoms with E-state index in [4.69, 9.17) is 5.11 Å². The first-order chi connectivity index (χ1) is 5.06. The summed E-state index contributed by atoms with van der Waals surface area (Å²) in [5.41, 5.74) is 0. The first-order valence-corrected chi connectivity index (χ1v) is 4.29. The molecule has 1 N–H and O–H groups in total. The third kappa shape index (κ3) is 17.7. The van der Waals surface area contributed by atoms with Crippen LogP contribution in [0.5, 0.6) is 0 Å². The van der Waals surface area contributed by atoms with Gasteiger partial charge in [0, 0.05) is 0 Å². The molecule has 0 amide bonds. The van der Waals surface area contributed by atoms with Gasteiger partial charge < -0.3 is 5.11 Å². The lowest BCUT2D eigenvalue weighted by Crippen LogP contribution is -2.03. The van der Waals surface area contributed by atoms with E-state index in [1.807, 2.05) is 0 Å². The van der Waals surface area contributed by atoms with Gasteiger partial charge in [-0.15, -0.1) is 0 Å². The number of hydrogen-bond donors (Lipinski definition) is 1. The van der Waals surface area contributed by atoms with Crippen LogP contribution in [0.4, 0.5) is 0 Å². The Morgan fingerprint density at radius 3 is 1.55 bits per heavy atom. The van der Waals surface area contributed by atoms with Gasteiger partial charge >= 0.3 is 5.97 Å². The largest absolute Gasteiger partial charge is 0.481 e. The van der Waals surface area contributed by atoms with Crippen molar-refractivity contribution in [3.05, 3.63) is 0 Å². The van der Waals surface area contributed by atoms with Crippen molar-refractivity contribution in [1.29, 1.82) is 0 Å². The minimum Gasteiger partial charge on any atom is -0.481 e. The van der Waals surface area contributed by atoms with Gasteiger partial charge in [0.2, 0.25) is 0 Å². The highest BCUT2D eigenvalue weighted by Gasteiger charge is 1.99. The number of carbonyl (C=O) groups is 1. The molecule has 0 unspecified atom stereocenters. The van der Waals surface area contributed by atoms with Gasteiger partial charge in [0.05, 0.1) is 5.92 Å². The van der Waals surface area contributed by atoms with E-state index in [9.17, 15) is 4.79 Å². The number of unbranched alkanes of at least 4 members (excludes halogenated alkanes) is 2. The van der Waals surface area contributed by atoms with E-state index >= 15 is 0 Å². The van der Waals surface area contributed by atoms with Crippen molar-refractivity contribution < 1.29 is 9.90 Å². The second-order valence-corrected chi connectivity index (χ2v) is 2.85. The summed E-state index contributed by atoms with van der Waals surface area (Å²) >= 11 is 0. The van der Waals surface area contributed by atoms with Gasteiger partial charge in [0.1, 0.15) is 0 Å². The third-order valence-corrected chi connectivity index (χ3v) is 1.20. The average Bonchev–Trinajstić information content (AvgIpc) is 1.90. The van der Waals surface area contributed by atoms with Crippen molar-refractivity contribution >= 4 is 5.97 Å². The van der Waals surface area contributed by atoms with E-state index in [1.54, 1.807) is 13.8 Å². The summed E-state index contributed by atoms with van der Waals surface area (Å²) in [6.07, 6.45) is 4.08. The predicted molar refractivity (Wildman–Crippen MR) is 47.7 cm³/mol. The first kappa shape index (κ1) is 13.1. The van der Waals surface area contributed by atoms with Gasteiger partial charge in [0.15, 0.2) is 0 Å². The Labute approximate surface area is 69.6 Å². The van der Waals surface area contributed by atoms with Gasteiger partial charge in [-0.3, -0.25) is 4.79 Å². The predicted octanol–water partition coefficient (Wildman–Crippen LogP) is 2.92. The zero-order chi connectivity index (χ0) is 9.28. The van der Waals surface area contributed by atoms with Crippen LogP contribution in [0.2, 0.25) is 0 Å². The minimum atomic E-state index is -0.741. The Morgan fingerprint density at radius 2 is 1.55 bits per heavy atom. The van der Waals surface area contributed by atoms with E-state index in [1.165, 1.54) is 19.3 Å². The molecule has 0 spiro atoms. The van der Waals surface area contributed by atoms with E-state index in [-0.39, 0.29) is 5.92 Å². The molecule has 0 aromatic heterocycles. The Bertz CT molecular complexity index is 85.6. The molecule has 2 nitrogen and oxygen atoms in total. The van der Waals surface area contributed by atoms with Crippen molar-refractivity contribution in [3.63, 3.8) is 0 Å². The lowest BCUT2D eigenvalue weighted by atomic mass is 10.2. The van der Waals surface area contributed by atoms with Gasteiger partial charge in [0.25, 0.3) is 0 Å². The van der Waals surface area contributed by atoms with E-state index < -0.39 is 5.97 Å². The Balaban J connectivity index is 0. The van der Waals surface area contributed by atoms with Crippen molar-refractivity contribution in [2.45, 2.75) is 47.0 Å². The van der Waals surface area contributed by atoms with Gasteiger partial charge in [-0.1, -0.05) is 47.0 Å². The van der Waals surface area contributed by atoms with Gasteiger partial charge in [-0.25, -0.2) is 0 Å². The fourth-order valence-corrected chi connectivity index (χ4v) is 0.354. The van der Waals surface area contributed by atoms with Gasteiger partial charge in [-0.2, -0.15) is 0 Å². The normalized spacial score (nSPS) is 8.82. The highest BCUT2D eigenvalue weighted by Crippen LogP contribution is 1.88. The maximum absolute atomic E-state index is 9.70. The molecule has 0 atom stereocenters. The summed E-state index contributed by atoms with van der Waals surface area (Å²) in [7, 11) is 0. The fourth-order valence-electron chi connectivity index (χ4n) is 0.354. The Kier molecular flexibility index (Phi) is 11.3. The molecule has 0 aliphatic carbocycles. The maximum atomic E-state index is 9.70. The molecular weight excluding hydrogens is 140 g/mol. The van der Waals surface area contributed by atoms with Crippen LogP contribution in [0.3, 0.4) is 0 Å². The van der Waals surface area contributed by atoms with E-state index in [0.29, 0.717) is 0 Å². The number of aliphatic carboxylic acids is 1. The molecule has 0 heterocycles. The van der Waals surface area contributed by atoms with Crippen LogP contribution in [0.1, 0.15) is 47.0 Å². The summed E-state index contributed by atoms with van der Waals surface area (Å²) in [6, 6.07) is 0. The molecule has 0 radical (unpaired) electrons. The second-order valence-electron chi connectivity index (χ2n) is 2.85. The van der Waals surface area contributed by atoms with E-state index in [0.717, 1.165) is 0 Å². The summed E-state index contributed by atoms with van der Waals surface area (Å²) in [6.45, 7) is 7.71. The maximum Gasteiger partial charge on any atom is 0.305 e. The lowest BCUT2D eigenvalue weighted by molar-refractivity contribution is -0.140. The highest BCUT2D eigenvalue weighted by molar-refractivity contribution is 5.68. The zero-order valence-electron chi connectivity index (χ0n) is 8.05. The van der Waals surface area contributed by atoms with Crippen LogP contribution in [-0.4, -0.2) is 11.1 Å². The molecule has 0 aromatic carbocycles. The SMILES string of the molecule is CC(C)C(=O)O.CCCCC.